The maximum absolute atomic E-state index is 13.7. The number of carbonyl (C=O) groups is 1. The highest BCUT2D eigenvalue weighted by Crippen LogP contribution is 2.22. The Morgan fingerprint density at radius 2 is 2.20 bits per heavy atom. The predicted octanol–water partition coefficient (Wildman–Crippen LogP) is 2.47. The summed E-state index contributed by atoms with van der Waals surface area (Å²) in [6, 6.07) is 4.23. The number of amides is 1. The molecule has 1 aromatic carbocycles. The zero-order valence-electron chi connectivity index (χ0n) is 12.1. The molecule has 0 spiro atoms. The first-order chi connectivity index (χ1) is 9.63. The lowest BCUT2D eigenvalue weighted by molar-refractivity contribution is 0.0931. The first-order valence-electron chi connectivity index (χ1n) is 7.06. The Labute approximate surface area is 119 Å². The summed E-state index contributed by atoms with van der Waals surface area (Å²) < 4.78 is 18.9. The summed E-state index contributed by atoms with van der Waals surface area (Å²) in [7, 11) is 0. The fourth-order valence-electron chi connectivity index (χ4n) is 1.94. The minimum absolute atomic E-state index is 0.00115. The number of carbonyl (C=O) groups excluding carboxylic acids is 1. The number of nitrogens with two attached hydrogens (primary N) is 1. The number of nitrogens with one attached hydrogen (secondary N) is 1. The molecule has 112 valence electrons. The van der Waals surface area contributed by atoms with Crippen LogP contribution in [0, 0.1) is 5.82 Å². The van der Waals surface area contributed by atoms with Crippen LogP contribution in [0.4, 0.5) is 4.39 Å². The van der Waals surface area contributed by atoms with Gasteiger partial charge in [-0.05, 0) is 25.5 Å². The number of hydrogen-bond acceptors (Lipinski definition) is 3. The molecule has 1 atom stereocenters. The maximum atomic E-state index is 13.7. The lowest BCUT2D eigenvalue weighted by Gasteiger charge is -2.18. The van der Waals surface area contributed by atoms with E-state index in [1.165, 1.54) is 12.1 Å². The van der Waals surface area contributed by atoms with E-state index in [0.29, 0.717) is 13.2 Å². The van der Waals surface area contributed by atoms with E-state index < -0.39 is 5.82 Å². The van der Waals surface area contributed by atoms with Crippen molar-refractivity contribution in [2.24, 2.45) is 5.73 Å². The molecule has 3 N–H and O–H groups in total. The molecule has 0 aromatic heterocycles. The van der Waals surface area contributed by atoms with Crippen molar-refractivity contribution < 1.29 is 13.9 Å². The highest BCUT2D eigenvalue weighted by Gasteiger charge is 2.18. The van der Waals surface area contributed by atoms with Gasteiger partial charge in [0.15, 0.2) is 11.6 Å². The number of para-hydroxylation sites is 1. The second-order valence-electron chi connectivity index (χ2n) is 4.60. The molecule has 0 fully saturated rings. The second-order valence-corrected chi connectivity index (χ2v) is 4.60. The van der Waals surface area contributed by atoms with E-state index in [9.17, 15) is 9.18 Å². The number of ether oxygens (including phenoxy) is 1. The Balaban J connectivity index is 2.83. The Hall–Kier alpha value is -1.62. The minimum atomic E-state index is -0.530. The van der Waals surface area contributed by atoms with Gasteiger partial charge in [-0.2, -0.15) is 0 Å². The van der Waals surface area contributed by atoms with Gasteiger partial charge in [-0.15, -0.1) is 0 Å². The Morgan fingerprint density at radius 3 is 2.80 bits per heavy atom. The van der Waals surface area contributed by atoms with Crippen LogP contribution in [-0.4, -0.2) is 25.1 Å². The van der Waals surface area contributed by atoms with Crippen LogP contribution < -0.4 is 15.8 Å². The van der Waals surface area contributed by atoms with Crippen molar-refractivity contribution in [1.29, 1.82) is 0 Å². The van der Waals surface area contributed by atoms with Crippen molar-refractivity contribution in [2.75, 3.05) is 13.2 Å². The molecule has 4 nitrogen and oxygen atoms in total. The zero-order chi connectivity index (χ0) is 15.0. The van der Waals surface area contributed by atoms with E-state index in [4.69, 9.17) is 10.5 Å². The Morgan fingerprint density at radius 1 is 1.45 bits per heavy atom. The highest BCUT2D eigenvalue weighted by atomic mass is 19.1. The number of unbranched alkanes of at least 4 members (excludes halogenated alkanes) is 1. The summed E-state index contributed by atoms with van der Waals surface area (Å²) in [4.78, 5) is 12.2. The molecule has 0 heterocycles. The van der Waals surface area contributed by atoms with E-state index >= 15 is 0 Å². The quantitative estimate of drug-likeness (QED) is 0.770. The SMILES string of the molecule is CCCCC(CN)NC(=O)c1cccc(F)c1OCC. The Kier molecular flexibility index (Phi) is 7.01. The normalized spacial score (nSPS) is 12.0. The molecule has 0 aliphatic rings. The van der Waals surface area contributed by atoms with Gasteiger partial charge < -0.3 is 15.8 Å². The molecule has 0 saturated heterocycles. The van der Waals surface area contributed by atoms with Crippen LogP contribution in [0.2, 0.25) is 0 Å². The number of hydrogen-bond donors (Lipinski definition) is 2. The van der Waals surface area contributed by atoms with Crippen molar-refractivity contribution in [3.63, 3.8) is 0 Å². The molecule has 0 aliphatic heterocycles. The van der Waals surface area contributed by atoms with Crippen LogP contribution >= 0.6 is 0 Å². The molecule has 0 radical (unpaired) electrons. The molecule has 1 amide bonds. The molecular formula is C15H23FN2O2. The first-order valence-corrected chi connectivity index (χ1v) is 7.06. The molecule has 0 bridgehead atoms. The fourth-order valence-corrected chi connectivity index (χ4v) is 1.94. The van der Waals surface area contributed by atoms with Gasteiger partial charge in [-0.3, -0.25) is 4.79 Å². The van der Waals surface area contributed by atoms with Crippen LogP contribution in [0.5, 0.6) is 5.75 Å². The molecule has 1 aromatic rings. The maximum Gasteiger partial charge on any atom is 0.255 e. The van der Waals surface area contributed by atoms with Gasteiger partial charge in [-0.1, -0.05) is 25.8 Å². The third-order valence-corrected chi connectivity index (χ3v) is 3.03. The van der Waals surface area contributed by atoms with Crippen molar-refractivity contribution >= 4 is 5.91 Å². The van der Waals surface area contributed by atoms with Crippen molar-refractivity contribution in [3.05, 3.63) is 29.6 Å². The van der Waals surface area contributed by atoms with Crippen LogP contribution in [0.25, 0.3) is 0 Å². The van der Waals surface area contributed by atoms with Gasteiger partial charge in [-0.25, -0.2) is 4.39 Å². The summed E-state index contributed by atoms with van der Waals surface area (Å²) in [5.41, 5.74) is 5.86. The average molecular weight is 282 g/mol. The monoisotopic (exact) mass is 282 g/mol. The third-order valence-electron chi connectivity index (χ3n) is 3.03. The number of halogens is 1. The molecule has 0 aliphatic carbocycles. The van der Waals surface area contributed by atoms with Gasteiger partial charge in [0, 0.05) is 12.6 Å². The summed E-state index contributed by atoms with van der Waals surface area (Å²) in [5.74, 6) is -0.879. The predicted molar refractivity (Wildman–Crippen MR) is 77.4 cm³/mol. The third kappa shape index (κ3) is 4.49. The molecule has 1 unspecified atom stereocenters. The van der Waals surface area contributed by atoms with Crippen molar-refractivity contribution in [2.45, 2.75) is 39.2 Å². The topological polar surface area (TPSA) is 64.3 Å². The molecular weight excluding hydrogens is 259 g/mol. The summed E-state index contributed by atoms with van der Waals surface area (Å²) in [5, 5.41) is 2.83. The van der Waals surface area contributed by atoms with Gasteiger partial charge in [0.25, 0.3) is 5.91 Å². The molecule has 5 heteroatoms. The number of rotatable bonds is 8. The number of benzene rings is 1. The minimum Gasteiger partial charge on any atom is -0.490 e. The van der Waals surface area contributed by atoms with Crippen LogP contribution in [0.1, 0.15) is 43.5 Å². The van der Waals surface area contributed by atoms with E-state index in [2.05, 4.69) is 12.2 Å². The van der Waals surface area contributed by atoms with E-state index in [-0.39, 0.29) is 23.3 Å². The summed E-state index contributed by atoms with van der Waals surface area (Å²) >= 11 is 0. The van der Waals surface area contributed by atoms with Gasteiger partial charge in [0.2, 0.25) is 0 Å². The van der Waals surface area contributed by atoms with Gasteiger partial charge in [0.1, 0.15) is 0 Å². The van der Waals surface area contributed by atoms with Crippen LogP contribution in [-0.2, 0) is 0 Å². The van der Waals surface area contributed by atoms with E-state index in [1.807, 2.05) is 0 Å². The molecule has 20 heavy (non-hydrogen) atoms. The van der Waals surface area contributed by atoms with E-state index in [0.717, 1.165) is 19.3 Å². The van der Waals surface area contributed by atoms with Crippen molar-refractivity contribution in [1.82, 2.24) is 5.32 Å². The van der Waals surface area contributed by atoms with Gasteiger partial charge >= 0.3 is 0 Å². The zero-order valence-corrected chi connectivity index (χ0v) is 12.1. The first kappa shape index (κ1) is 16.4. The smallest absolute Gasteiger partial charge is 0.255 e. The molecule has 0 saturated carbocycles. The molecule has 1 rings (SSSR count). The van der Waals surface area contributed by atoms with Crippen LogP contribution in [0.15, 0.2) is 18.2 Å². The Bertz CT molecular complexity index is 438. The fraction of sp³-hybridized carbons (Fsp3) is 0.533. The largest absolute Gasteiger partial charge is 0.490 e. The van der Waals surface area contributed by atoms with E-state index in [1.54, 1.807) is 13.0 Å². The van der Waals surface area contributed by atoms with Crippen LogP contribution in [0.3, 0.4) is 0 Å². The summed E-state index contributed by atoms with van der Waals surface area (Å²) in [6.45, 7) is 4.50. The summed E-state index contributed by atoms with van der Waals surface area (Å²) in [6.07, 6.45) is 2.85. The highest BCUT2D eigenvalue weighted by molar-refractivity contribution is 5.97. The second kappa shape index (κ2) is 8.53. The van der Waals surface area contributed by atoms with Crippen molar-refractivity contribution in [3.8, 4) is 5.75 Å². The van der Waals surface area contributed by atoms with Gasteiger partial charge in [0.05, 0.1) is 12.2 Å². The lowest BCUT2D eigenvalue weighted by Crippen LogP contribution is -2.40. The standard InChI is InChI=1S/C15H23FN2O2/c1-3-5-7-11(10-17)18-15(19)12-8-6-9-13(16)14(12)20-4-2/h6,8-9,11H,3-5,7,10,17H2,1-2H3,(H,18,19). The lowest BCUT2D eigenvalue weighted by atomic mass is 10.1. The average Bonchev–Trinajstić information content (AvgIpc) is 2.45.